The molecule has 0 atom stereocenters. The van der Waals surface area contributed by atoms with Crippen molar-refractivity contribution in [3.63, 3.8) is 0 Å². The summed E-state index contributed by atoms with van der Waals surface area (Å²) in [5.41, 5.74) is 0.435. The van der Waals surface area contributed by atoms with Crippen molar-refractivity contribution in [3.8, 4) is 17.4 Å². The van der Waals surface area contributed by atoms with Gasteiger partial charge in [0.2, 0.25) is 11.2 Å². The Kier molecular flexibility index (Phi) is 3.99. The van der Waals surface area contributed by atoms with E-state index in [0.717, 1.165) is 0 Å². The number of methoxy groups -OCH3 is 1. The number of halogens is 1. The fourth-order valence-corrected chi connectivity index (χ4v) is 1.77. The highest BCUT2D eigenvalue weighted by atomic mass is 35.5. The fraction of sp³-hybridized carbons (Fsp3) is 0.167. The van der Waals surface area contributed by atoms with E-state index in [1.165, 1.54) is 25.3 Å². The largest absolute Gasteiger partial charge is 0.490 e. The van der Waals surface area contributed by atoms with Gasteiger partial charge in [-0.2, -0.15) is 4.98 Å². The minimum atomic E-state index is -0.552. The lowest BCUT2D eigenvalue weighted by Gasteiger charge is -2.07. The molecule has 1 aromatic carbocycles. The van der Waals surface area contributed by atoms with Crippen molar-refractivity contribution in [2.45, 2.75) is 6.92 Å². The van der Waals surface area contributed by atoms with E-state index in [-0.39, 0.29) is 28.3 Å². The van der Waals surface area contributed by atoms with E-state index in [0.29, 0.717) is 5.69 Å². The summed E-state index contributed by atoms with van der Waals surface area (Å²) in [5, 5.41) is 11.0. The smallest absolute Gasteiger partial charge is 0.314 e. The molecule has 2 rings (SSSR count). The normalized spacial score (nSPS) is 10.2. The summed E-state index contributed by atoms with van der Waals surface area (Å²) in [4.78, 5) is 18.1. The molecular formula is C12H10ClN3O4. The van der Waals surface area contributed by atoms with Crippen LogP contribution < -0.4 is 9.47 Å². The summed E-state index contributed by atoms with van der Waals surface area (Å²) in [6.07, 6.45) is 0. The summed E-state index contributed by atoms with van der Waals surface area (Å²) in [5.74, 6) is 0.618. The first-order valence-corrected chi connectivity index (χ1v) is 5.89. The first-order valence-electron chi connectivity index (χ1n) is 5.51. The Labute approximate surface area is 119 Å². The molecule has 0 amide bonds. The van der Waals surface area contributed by atoms with Crippen LogP contribution in [0.2, 0.25) is 5.28 Å². The predicted molar refractivity (Wildman–Crippen MR) is 71.5 cm³/mol. The van der Waals surface area contributed by atoms with Crippen LogP contribution in [0.5, 0.6) is 17.4 Å². The maximum Gasteiger partial charge on any atom is 0.314 e. The molecule has 0 saturated carbocycles. The van der Waals surface area contributed by atoms with E-state index in [9.17, 15) is 10.1 Å². The molecular weight excluding hydrogens is 286 g/mol. The summed E-state index contributed by atoms with van der Waals surface area (Å²) >= 11 is 5.72. The quantitative estimate of drug-likeness (QED) is 0.489. The molecule has 0 unspecified atom stereocenters. The lowest BCUT2D eigenvalue weighted by Crippen LogP contribution is -1.96. The molecule has 2 aromatic rings. The molecule has 0 spiro atoms. The van der Waals surface area contributed by atoms with Crippen LogP contribution in [0.4, 0.5) is 5.69 Å². The van der Waals surface area contributed by atoms with E-state index in [1.807, 2.05) is 0 Å². The van der Waals surface area contributed by atoms with Crippen LogP contribution in [0.1, 0.15) is 5.69 Å². The minimum Gasteiger partial charge on any atom is -0.490 e. The van der Waals surface area contributed by atoms with E-state index < -0.39 is 4.92 Å². The molecule has 7 nitrogen and oxygen atoms in total. The van der Waals surface area contributed by atoms with Crippen molar-refractivity contribution < 1.29 is 14.4 Å². The van der Waals surface area contributed by atoms with Gasteiger partial charge >= 0.3 is 5.69 Å². The maximum absolute atomic E-state index is 10.9. The third-order valence-corrected chi connectivity index (χ3v) is 2.54. The SMILES string of the molecule is COc1ccc(Oc2cc(C)nc(Cl)n2)cc1[N+](=O)[O-]. The summed E-state index contributed by atoms with van der Waals surface area (Å²) in [7, 11) is 1.36. The molecule has 0 bridgehead atoms. The predicted octanol–water partition coefficient (Wildman–Crippen LogP) is 3.15. The van der Waals surface area contributed by atoms with Crippen LogP contribution in [-0.4, -0.2) is 22.0 Å². The third kappa shape index (κ3) is 3.12. The fourth-order valence-electron chi connectivity index (χ4n) is 1.55. The molecule has 1 aromatic heterocycles. The Morgan fingerprint density at radius 3 is 2.65 bits per heavy atom. The zero-order chi connectivity index (χ0) is 14.7. The number of nitro groups is 1. The molecule has 0 N–H and O–H groups in total. The van der Waals surface area contributed by atoms with Gasteiger partial charge in [0.15, 0.2) is 5.75 Å². The molecule has 0 aliphatic carbocycles. The molecule has 0 saturated heterocycles. The van der Waals surface area contributed by atoms with Gasteiger partial charge in [-0.05, 0) is 30.7 Å². The van der Waals surface area contributed by atoms with Crippen LogP contribution in [0.3, 0.4) is 0 Å². The number of hydrogen-bond donors (Lipinski definition) is 0. The Hall–Kier alpha value is -2.41. The average Bonchev–Trinajstić information content (AvgIpc) is 2.37. The Bertz CT molecular complexity index is 643. The van der Waals surface area contributed by atoms with E-state index in [2.05, 4.69) is 9.97 Å². The first-order chi connectivity index (χ1) is 9.49. The van der Waals surface area contributed by atoms with E-state index in [4.69, 9.17) is 21.1 Å². The van der Waals surface area contributed by atoms with Crippen LogP contribution in [-0.2, 0) is 0 Å². The van der Waals surface area contributed by atoms with Gasteiger partial charge in [-0.15, -0.1) is 0 Å². The van der Waals surface area contributed by atoms with Gasteiger partial charge in [-0.3, -0.25) is 10.1 Å². The monoisotopic (exact) mass is 295 g/mol. The Morgan fingerprint density at radius 1 is 1.30 bits per heavy atom. The van der Waals surface area contributed by atoms with Gasteiger partial charge in [0.05, 0.1) is 18.1 Å². The molecule has 0 aliphatic heterocycles. The molecule has 104 valence electrons. The second kappa shape index (κ2) is 5.70. The van der Waals surface area contributed by atoms with Gasteiger partial charge in [-0.1, -0.05) is 0 Å². The van der Waals surface area contributed by atoms with Gasteiger partial charge in [0, 0.05) is 11.8 Å². The van der Waals surface area contributed by atoms with Crippen LogP contribution in [0.15, 0.2) is 24.3 Å². The van der Waals surface area contributed by atoms with Gasteiger partial charge in [0.1, 0.15) is 5.75 Å². The number of rotatable bonds is 4. The minimum absolute atomic E-state index is 0.0445. The first kappa shape index (κ1) is 14.0. The zero-order valence-electron chi connectivity index (χ0n) is 10.7. The number of ether oxygens (including phenoxy) is 2. The van der Waals surface area contributed by atoms with Crippen molar-refractivity contribution >= 4 is 17.3 Å². The summed E-state index contributed by atoms with van der Waals surface area (Å²) in [6, 6.07) is 5.81. The van der Waals surface area contributed by atoms with Gasteiger partial charge in [-0.25, -0.2) is 4.98 Å². The topological polar surface area (TPSA) is 87.4 Å². The highest BCUT2D eigenvalue weighted by molar-refractivity contribution is 6.28. The summed E-state index contributed by atoms with van der Waals surface area (Å²) < 4.78 is 10.3. The maximum atomic E-state index is 10.9. The molecule has 20 heavy (non-hydrogen) atoms. The number of aryl methyl sites for hydroxylation is 1. The van der Waals surface area contributed by atoms with E-state index >= 15 is 0 Å². The number of aromatic nitrogens is 2. The van der Waals surface area contributed by atoms with Crippen molar-refractivity contribution in [2.24, 2.45) is 0 Å². The number of hydrogen-bond acceptors (Lipinski definition) is 6. The van der Waals surface area contributed by atoms with Gasteiger partial charge < -0.3 is 9.47 Å². The third-order valence-electron chi connectivity index (χ3n) is 2.37. The van der Waals surface area contributed by atoms with Crippen molar-refractivity contribution in [1.29, 1.82) is 0 Å². The molecule has 0 aliphatic rings. The average molecular weight is 296 g/mol. The van der Waals surface area contributed by atoms with Crippen LogP contribution in [0.25, 0.3) is 0 Å². The van der Waals surface area contributed by atoms with Crippen LogP contribution >= 0.6 is 11.6 Å². The molecule has 0 fully saturated rings. The van der Waals surface area contributed by atoms with Crippen molar-refractivity contribution in [3.05, 3.63) is 45.4 Å². The molecule has 1 heterocycles. The second-order valence-electron chi connectivity index (χ2n) is 3.81. The van der Waals surface area contributed by atoms with E-state index in [1.54, 1.807) is 13.0 Å². The summed E-state index contributed by atoms with van der Waals surface area (Å²) in [6.45, 7) is 1.73. The number of nitro benzene ring substituents is 1. The van der Waals surface area contributed by atoms with Crippen LogP contribution in [0, 0.1) is 17.0 Å². The zero-order valence-corrected chi connectivity index (χ0v) is 11.4. The Balaban J connectivity index is 2.34. The Morgan fingerprint density at radius 2 is 2.05 bits per heavy atom. The number of nitrogens with zero attached hydrogens (tertiary/aromatic N) is 3. The molecule has 0 radical (unpaired) electrons. The number of benzene rings is 1. The van der Waals surface area contributed by atoms with Gasteiger partial charge in [0.25, 0.3) is 0 Å². The van der Waals surface area contributed by atoms with Crippen molar-refractivity contribution in [1.82, 2.24) is 9.97 Å². The highest BCUT2D eigenvalue weighted by Crippen LogP contribution is 2.32. The highest BCUT2D eigenvalue weighted by Gasteiger charge is 2.16. The van der Waals surface area contributed by atoms with Crippen molar-refractivity contribution in [2.75, 3.05) is 7.11 Å². The lowest BCUT2D eigenvalue weighted by molar-refractivity contribution is -0.385. The standard InChI is InChI=1S/C12H10ClN3O4/c1-7-5-11(15-12(13)14-7)20-8-3-4-10(19-2)9(6-8)16(17)18/h3-6H,1-2H3. The molecule has 8 heteroatoms. The lowest BCUT2D eigenvalue weighted by atomic mass is 10.3. The second-order valence-corrected chi connectivity index (χ2v) is 4.15.